The van der Waals surface area contributed by atoms with Crippen LogP contribution in [0.3, 0.4) is 0 Å². The maximum atomic E-state index is 5.70. The molecule has 0 bridgehead atoms. The zero-order chi connectivity index (χ0) is 12.6. The Labute approximate surface area is 104 Å². The molecule has 0 spiro atoms. The fraction of sp³-hybridized carbons (Fsp3) is 0.571. The van der Waals surface area contributed by atoms with Crippen molar-refractivity contribution in [3.63, 3.8) is 0 Å². The Bertz CT molecular complexity index is 414. The number of rotatable bonds is 2. The van der Waals surface area contributed by atoms with Crippen LogP contribution in [0.15, 0.2) is 12.1 Å². The Morgan fingerprint density at radius 1 is 1.29 bits per heavy atom. The largest absolute Gasteiger partial charge is 0.371 e. The van der Waals surface area contributed by atoms with Crippen LogP contribution in [0.5, 0.6) is 0 Å². The highest BCUT2D eigenvalue weighted by Gasteiger charge is 2.27. The van der Waals surface area contributed by atoms with Crippen molar-refractivity contribution in [2.45, 2.75) is 26.3 Å². The third-order valence-electron chi connectivity index (χ3n) is 3.72. The van der Waals surface area contributed by atoms with Gasteiger partial charge in [-0.05, 0) is 44.0 Å². The van der Waals surface area contributed by atoms with E-state index >= 15 is 0 Å². The lowest BCUT2D eigenvalue weighted by atomic mass is 10.0. The Balaban J connectivity index is 2.45. The number of hydrogen-bond donors (Lipinski definition) is 1. The minimum atomic E-state index is 0.527. The van der Waals surface area contributed by atoms with E-state index < -0.39 is 0 Å². The number of hydrogen-bond acceptors (Lipinski definition) is 3. The summed E-state index contributed by atoms with van der Waals surface area (Å²) in [5, 5.41) is 0. The Kier molecular flexibility index (Phi) is 3.29. The first-order valence-electron chi connectivity index (χ1n) is 6.30. The summed E-state index contributed by atoms with van der Waals surface area (Å²) in [6.07, 6.45) is 1.05. The van der Waals surface area contributed by atoms with Crippen molar-refractivity contribution in [1.29, 1.82) is 0 Å². The Morgan fingerprint density at radius 2 is 2.00 bits per heavy atom. The van der Waals surface area contributed by atoms with Crippen molar-refractivity contribution >= 4 is 11.4 Å². The van der Waals surface area contributed by atoms with Gasteiger partial charge in [0, 0.05) is 26.7 Å². The van der Waals surface area contributed by atoms with Gasteiger partial charge in [-0.25, -0.2) is 0 Å². The van der Waals surface area contributed by atoms with E-state index in [1.165, 1.54) is 22.5 Å². The molecule has 0 amide bonds. The first kappa shape index (κ1) is 12.2. The second-order valence-corrected chi connectivity index (χ2v) is 5.17. The van der Waals surface area contributed by atoms with Gasteiger partial charge < -0.3 is 15.5 Å². The molecule has 1 aliphatic rings. The number of likely N-dealkylation sites (N-methyl/N-ethyl adjacent to an activating group) is 2. The standard InChI is InChI=1S/C14H23N3/c1-10-7-11(2)14-13(8-10)17(4)12(5-6-15)9-16(14)3/h7-8,12H,5-6,9,15H2,1-4H3. The Hall–Kier alpha value is -1.22. The minimum absolute atomic E-state index is 0.527. The molecule has 0 radical (unpaired) electrons. The molecule has 1 heterocycles. The number of fused-ring (bicyclic) bond motifs is 1. The molecule has 17 heavy (non-hydrogen) atoms. The molecule has 0 fully saturated rings. The number of nitrogens with zero attached hydrogens (tertiary/aromatic N) is 2. The van der Waals surface area contributed by atoms with Crippen molar-refractivity contribution < 1.29 is 0 Å². The predicted octanol–water partition coefficient (Wildman–Crippen LogP) is 1.91. The van der Waals surface area contributed by atoms with Crippen molar-refractivity contribution in [2.75, 3.05) is 37.0 Å². The summed E-state index contributed by atoms with van der Waals surface area (Å²) in [5.74, 6) is 0. The van der Waals surface area contributed by atoms with Gasteiger partial charge in [-0.1, -0.05) is 6.07 Å². The van der Waals surface area contributed by atoms with Crippen LogP contribution in [-0.2, 0) is 0 Å². The minimum Gasteiger partial charge on any atom is -0.371 e. The number of anilines is 2. The van der Waals surface area contributed by atoms with E-state index in [9.17, 15) is 0 Å². The van der Waals surface area contributed by atoms with Gasteiger partial charge in [0.15, 0.2) is 0 Å². The summed E-state index contributed by atoms with van der Waals surface area (Å²) >= 11 is 0. The molecule has 0 aromatic heterocycles. The van der Waals surface area contributed by atoms with Gasteiger partial charge in [-0.15, -0.1) is 0 Å². The van der Waals surface area contributed by atoms with E-state index in [-0.39, 0.29) is 0 Å². The van der Waals surface area contributed by atoms with Gasteiger partial charge in [-0.2, -0.15) is 0 Å². The summed E-state index contributed by atoms with van der Waals surface area (Å²) in [5.41, 5.74) is 11.1. The predicted molar refractivity (Wildman–Crippen MR) is 75.0 cm³/mol. The van der Waals surface area contributed by atoms with Crippen LogP contribution in [0, 0.1) is 13.8 Å². The first-order valence-corrected chi connectivity index (χ1v) is 6.30. The van der Waals surface area contributed by atoms with Gasteiger partial charge >= 0.3 is 0 Å². The molecule has 1 atom stereocenters. The summed E-state index contributed by atoms with van der Waals surface area (Å²) in [6, 6.07) is 5.06. The van der Waals surface area contributed by atoms with Crippen LogP contribution in [-0.4, -0.2) is 33.2 Å². The summed E-state index contributed by atoms with van der Waals surface area (Å²) < 4.78 is 0. The lowest BCUT2D eigenvalue weighted by Crippen LogP contribution is -2.47. The molecular weight excluding hydrogens is 210 g/mol. The summed E-state index contributed by atoms with van der Waals surface area (Å²) in [4.78, 5) is 4.76. The fourth-order valence-corrected chi connectivity index (χ4v) is 2.91. The van der Waals surface area contributed by atoms with Crippen LogP contribution >= 0.6 is 0 Å². The molecule has 0 aliphatic carbocycles. The van der Waals surface area contributed by atoms with Gasteiger partial charge in [0.2, 0.25) is 0 Å². The second-order valence-electron chi connectivity index (χ2n) is 5.17. The molecule has 1 aromatic carbocycles. The molecule has 1 aromatic rings. The lowest BCUT2D eigenvalue weighted by molar-refractivity contribution is 0.566. The van der Waals surface area contributed by atoms with E-state index in [2.05, 4.69) is 49.9 Å². The highest BCUT2D eigenvalue weighted by Crippen LogP contribution is 2.37. The van der Waals surface area contributed by atoms with Gasteiger partial charge in [-0.3, -0.25) is 0 Å². The average Bonchev–Trinajstić information content (AvgIpc) is 2.24. The maximum Gasteiger partial charge on any atom is 0.0632 e. The molecule has 2 N–H and O–H groups in total. The van der Waals surface area contributed by atoms with E-state index in [1.54, 1.807) is 0 Å². The molecule has 3 heteroatoms. The lowest BCUT2D eigenvalue weighted by Gasteiger charge is -2.42. The van der Waals surface area contributed by atoms with Crippen LogP contribution in [0.4, 0.5) is 11.4 Å². The third-order valence-corrected chi connectivity index (χ3v) is 3.72. The quantitative estimate of drug-likeness (QED) is 0.847. The van der Waals surface area contributed by atoms with Crippen LogP contribution in [0.2, 0.25) is 0 Å². The third kappa shape index (κ3) is 2.12. The van der Waals surface area contributed by atoms with Gasteiger partial charge in [0.05, 0.1) is 11.4 Å². The molecule has 2 rings (SSSR count). The summed E-state index contributed by atoms with van der Waals surface area (Å²) in [7, 11) is 4.36. The van der Waals surface area contributed by atoms with E-state index in [0.29, 0.717) is 6.04 Å². The number of benzene rings is 1. The van der Waals surface area contributed by atoms with Crippen molar-refractivity contribution in [2.24, 2.45) is 5.73 Å². The SMILES string of the molecule is Cc1cc(C)c2c(c1)N(C)C(CCN)CN2C. The molecule has 3 nitrogen and oxygen atoms in total. The number of nitrogens with two attached hydrogens (primary N) is 1. The van der Waals surface area contributed by atoms with Crippen molar-refractivity contribution in [3.8, 4) is 0 Å². The highest BCUT2D eigenvalue weighted by molar-refractivity contribution is 5.77. The monoisotopic (exact) mass is 233 g/mol. The zero-order valence-electron chi connectivity index (χ0n) is 11.3. The maximum absolute atomic E-state index is 5.70. The normalized spacial score (nSPS) is 19.5. The molecular formula is C14H23N3. The van der Waals surface area contributed by atoms with Crippen LogP contribution in [0.25, 0.3) is 0 Å². The van der Waals surface area contributed by atoms with Crippen LogP contribution in [0.1, 0.15) is 17.5 Å². The Morgan fingerprint density at radius 3 is 2.65 bits per heavy atom. The molecule has 0 saturated heterocycles. The fourth-order valence-electron chi connectivity index (χ4n) is 2.91. The van der Waals surface area contributed by atoms with Crippen LogP contribution < -0.4 is 15.5 Å². The smallest absolute Gasteiger partial charge is 0.0632 e. The number of aryl methyl sites for hydroxylation is 2. The van der Waals surface area contributed by atoms with Crippen molar-refractivity contribution in [1.82, 2.24) is 0 Å². The molecule has 1 unspecified atom stereocenters. The van der Waals surface area contributed by atoms with Crippen molar-refractivity contribution in [3.05, 3.63) is 23.3 Å². The van der Waals surface area contributed by atoms with E-state index in [0.717, 1.165) is 19.5 Å². The van der Waals surface area contributed by atoms with E-state index in [4.69, 9.17) is 5.73 Å². The van der Waals surface area contributed by atoms with Gasteiger partial charge in [0.1, 0.15) is 0 Å². The topological polar surface area (TPSA) is 32.5 Å². The highest BCUT2D eigenvalue weighted by atomic mass is 15.3. The second kappa shape index (κ2) is 4.57. The first-order chi connectivity index (χ1) is 8.04. The zero-order valence-corrected chi connectivity index (χ0v) is 11.3. The molecule has 1 aliphatic heterocycles. The molecule has 94 valence electrons. The summed E-state index contributed by atoms with van der Waals surface area (Å²) in [6.45, 7) is 6.17. The average molecular weight is 233 g/mol. The van der Waals surface area contributed by atoms with E-state index in [1.807, 2.05) is 0 Å². The van der Waals surface area contributed by atoms with Gasteiger partial charge in [0.25, 0.3) is 0 Å². The molecule has 0 saturated carbocycles.